The van der Waals surface area contributed by atoms with E-state index in [0.717, 1.165) is 38.5 Å². The molecule has 0 heterocycles. The lowest BCUT2D eigenvalue weighted by Crippen LogP contribution is -2.24. The van der Waals surface area contributed by atoms with Crippen LogP contribution in [-0.4, -0.2) is 12.1 Å². The summed E-state index contributed by atoms with van der Waals surface area (Å²) in [5, 5.41) is 8.38. The number of benzene rings is 1. The molecule has 3 nitrogen and oxygen atoms in total. The summed E-state index contributed by atoms with van der Waals surface area (Å²) >= 11 is 0. The number of hydrogen-bond donors (Lipinski definition) is 0. The second-order valence-electron chi connectivity index (χ2n) is 6.05. The molecule has 0 unspecified atom stereocenters. The second-order valence-corrected chi connectivity index (χ2v) is 6.05. The minimum atomic E-state index is -0.370. The fraction of sp³-hybridized carbons (Fsp3) is 0.400. The van der Waals surface area contributed by atoms with Crippen LogP contribution in [0.2, 0.25) is 0 Å². The highest BCUT2D eigenvalue weighted by molar-refractivity contribution is 5.89. The molecule has 1 fully saturated rings. The average molecular weight is 327 g/mol. The van der Waals surface area contributed by atoms with Crippen molar-refractivity contribution in [3.05, 3.63) is 60.0 Å². The molecule has 0 radical (unpaired) electrons. The van der Waals surface area contributed by atoms with Crippen LogP contribution < -0.4 is 0 Å². The number of nitrogens with zero attached hydrogens (tertiary/aromatic N) is 1. The Morgan fingerprint density at radius 1 is 1.21 bits per heavy atom. The van der Waals surface area contributed by atoms with Crippen LogP contribution in [0, 0.1) is 23.1 Å². The second kappa shape index (κ2) is 9.67. The quantitative estimate of drug-likeness (QED) is 0.421. The number of carbonyl (C=O) groups is 1. The molecule has 1 aliphatic rings. The number of esters is 1. The third-order valence-corrected chi connectivity index (χ3v) is 4.31. The van der Waals surface area contributed by atoms with Crippen molar-refractivity contribution in [2.45, 2.75) is 44.6 Å². The predicted molar refractivity (Wildman–Crippen MR) is 90.7 cm³/mol. The molecule has 0 aliphatic heterocycles. The molecular weight excluding hydrogens is 305 g/mol. The van der Waals surface area contributed by atoms with Crippen LogP contribution in [0.1, 0.15) is 48.9 Å². The molecule has 0 aromatic heterocycles. The van der Waals surface area contributed by atoms with E-state index in [1.54, 1.807) is 6.08 Å². The maximum atomic E-state index is 12.9. The predicted octanol–water partition coefficient (Wildman–Crippen LogP) is 4.96. The van der Waals surface area contributed by atoms with Gasteiger partial charge in [-0.2, -0.15) is 5.26 Å². The van der Waals surface area contributed by atoms with Crippen molar-refractivity contribution in [1.82, 2.24) is 0 Å². The molecule has 0 atom stereocenters. The van der Waals surface area contributed by atoms with E-state index in [0.29, 0.717) is 11.5 Å². The first kappa shape index (κ1) is 17.9. The summed E-state index contributed by atoms with van der Waals surface area (Å²) in [4.78, 5) is 12.0. The molecule has 2 rings (SSSR count). The summed E-state index contributed by atoms with van der Waals surface area (Å²) in [6.45, 7) is 0. The lowest BCUT2D eigenvalue weighted by molar-refractivity contribution is 0.0162. The van der Waals surface area contributed by atoms with Crippen molar-refractivity contribution in [2.24, 2.45) is 5.92 Å². The fourth-order valence-electron chi connectivity index (χ4n) is 2.95. The van der Waals surface area contributed by atoms with Crippen LogP contribution in [0.4, 0.5) is 4.39 Å². The summed E-state index contributed by atoms with van der Waals surface area (Å²) < 4.78 is 18.4. The monoisotopic (exact) mass is 327 g/mol. The highest BCUT2D eigenvalue weighted by Gasteiger charge is 2.23. The lowest BCUT2D eigenvalue weighted by Gasteiger charge is -2.28. The fourth-order valence-corrected chi connectivity index (χ4v) is 2.95. The maximum absolute atomic E-state index is 12.9. The van der Waals surface area contributed by atoms with Crippen LogP contribution >= 0.6 is 0 Å². The highest BCUT2D eigenvalue weighted by Crippen LogP contribution is 2.30. The number of carbonyl (C=O) groups excluding carboxylic acids is 1. The van der Waals surface area contributed by atoms with Crippen LogP contribution in [0.5, 0.6) is 0 Å². The van der Waals surface area contributed by atoms with E-state index in [4.69, 9.17) is 10.00 Å². The molecular formula is C20H22FNO2. The van der Waals surface area contributed by atoms with E-state index < -0.39 is 0 Å². The van der Waals surface area contributed by atoms with Crippen LogP contribution in [0.15, 0.2) is 48.6 Å². The normalized spacial score (nSPS) is 21.0. The summed E-state index contributed by atoms with van der Waals surface area (Å²) in [5.41, 5.74) is 0.397. The average Bonchev–Trinajstić information content (AvgIpc) is 2.60. The largest absolute Gasteiger partial charge is 0.459 e. The Kier molecular flexibility index (Phi) is 7.22. The van der Waals surface area contributed by atoms with Crippen LogP contribution in [-0.2, 0) is 4.74 Å². The van der Waals surface area contributed by atoms with E-state index in [9.17, 15) is 9.18 Å². The number of rotatable bonds is 6. The van der Waals surface area contributed by atoms with Gasteiger partial charge in [-0.25, -0.2) is 9.18 Å². The first-order valence-corrected chi connectivity index (χ1v) is 8.37. The number of hydrogen-bond acceptors (Lipinski definition) is 3. The molecule has 0 amide bonds. The van der Waals surface area contributed by atoms with Gasteiger partial charge in [-0.15, -0.1) is 0 Å². The standard InChI is InChI=1S/C20H22FNO2/c21-18-11-9-17(10-12-18)20(23)24-19-13-7-16(8-14-19)6-4-2-1-3-5-15-22/h1-3,5,9-12,16,19H,4,6-8,13-14H2/b2-1+,5-3+. The van der Waals surface area contributed by atoms with Crippen molar-refractivity contribution in [2.75, 3.05) is 0 Å². The van der Waals surface area contributed by atoms with Crippen molar-refractivity contribution >= 4 is 5.97 Å². The number of halogens is 1. The smallest absolute Gasteiger partial charge is 0.338 e. The first-order chi connectivity index (χ1) is 11.7. The zero-order valence-electron chi connectivity index (χ0n) is 13.7. The zero-order valence-corrected chi connectivity index (χ0v) is 13.7. The Balaban J connectivity index is 1.68. The molecule has 126 valence electrons. The van der Waals surface area contributed by atoms with Crippen molar-refractivity contribution in [1.29, 1.82) is 5.26 Å². The molecule has 1 aliphatic carbocycles. The zero-order chi connectivity index (χ0) is 17.2. The Hall–Kier alpha value is -2.41. The van der Waals surface area contributed by atoms with Crippen LogP contribution in [0.25, 0.3) is 0 Å². The van der Waals surface area contributed by atoms with Gasteiger partial charge >= 0.3 is 5.97 Å². The third kappa shape index (κ3) is 6.00. The minimum absolute atomic E-state index is 0.0343. The molecule has 4 heteroatoms. The summed E-state index contributed by atoms with van der Waals surface area (Å²) in [6.07, 6.45) is 13.2. The molecule has 0 saturated heterocycles. The van der Waals surface area contributed by atoms with Crippen molar-refractivity contribution < 1.29 is 13.9 Å². The molecule has 1 aromatic carbocycles. The van der Waals surface area contributed by atoms with E-state index in [-0.39, 0.29) is 17.9 Å². The molecule has 24 heavy (non-hydrogen) atoms. The van der Waals surface area contributed by atoms with Gasteiger partial charge in [0.25, 0.3) is 0 Å². The molecule has 1 aromatic rings. The minimum Gasteiger partial charge on any atom is -0.459 e. The van der Waals surface area contributed by atoms with Gasteiger partial charge in [-0.1, -0.05) is 18.2 Å². The van der Waals surface area contributed by atoms with Gasteiger partial charge in [-0.05, 0) is 68.7 Å². The highest BCUT2D eigenvalue weighted by atomic mass is 19.1. The van der Waals surface area contributed by atoms with E-state index >= 15 is 0 Å². The van der Waals surface area contributed by atoms with E-state index in [2.05, 4.69) is 6.08 Å². The maximum Gasteiger partial charge on any atom is 0.338 e. The number of ether oxygens (including phenoxy) is 1. The van der Waals surface area contributed by atoms with Gasteiger partial charge < -0.3 is 4.74 Å². The van der Waals surface area contributed by atoms with Gasteiger partial charge in [0, 0.05) is 6.08 Å². The molecule has 0 N–H and O–H groups in total. The third-order valence-electron chi connectivity index (χ3n) is 4.31. The van der Waals surface area contributed by atoms with Crippen molar-refractivity contribution in [3.8, 4) is 6.07 Å². The Morgan fingerprint density at radius 2 is 1.92 bits per heavy atom. The molecule has 1 saturated carbocycles. The summed E-state index contributed by atoms with van der Waals surface area (Å²) in [6, 6.07) is 7.40. The SMILES string of the molecule is N#C/C=C/C=C/CCC1CCC(OC(=O)c2ccc(F)cc2)CC1. The first-order valence-electron chi connectivity index (χ1n) is 8.37. The number of nitriles is 1. The van der Waals surface area contributed by atoms with Gasteiger partial charge in [0.2, 0.25) is 0 Å². The summed E-state index contributed by atoms with van der Waals surface area (Å²) in [5.74, 6) is -0.0646. The van der Waals surface area contributed by atoms with Crippen LogP contribution in [0.3, 0.4) is 0 Å². The number of allylic oxidation sites excluding steroid dienone is 4. The topological polar surface area (TPSA) is 50.1 Å². The van der Waals surface area contributed by atoms with E-state index in [1.165, 1.54) is 30.3 Å². The summed E-state index contributed by atoms with van der Waals surface area (Å²) in [7, 11) is 0. The lowest BCUT2D eigenvalue weighted by atomic mass is 9.84. The Labute approximate surface area is 142 Å². The molecule has 0 spiro atoms. The van der Waals surface area contributed by atoms with Gasteiger partial charge in [0.05, 0.1) is 11.6 Å². The van der Waals surface area contributed by atoms with Gasteiger partial charge in [0.15, 0.2) is 0 Å². The van der Waals surface area contributed by atoms with Crippen molar-refractivity contribution in [3.63, 3.8) is 0 Å². The van der Waals surface area contributed by atoms with Gasteiger partial charge in [-0.3, -0.25) is 0 Å². The van der Waals surface area contributed by atoms with E-state index in [1.807, 2.05) is 12.1 Å². The van der Waals surface area contributed by atoms with Gasteiger partial charge in [0.1, 0.15) is 11.9 Å². The molecule has 0 bridgehead atoms. The Morgan fingerprint density at radius 3 is 2.58 bits per heavy atom. The Bertz CT molecular complexity index is 620.